The van der Waals surface area contributed by atoms with Crippen molar-refractivity contribution in [3.63, 3.8) is 0 Å². The van der Waals surface area contributed by atoms with Crippen LogP contribution in [0.4, 0.5) is 13.2 Å². The molecule has 202 valence electrons. The van der Waals surface area contributed by atoms with E-state index in [9.17, 15) is 9.18 Å². The molecule has 1 aliphatic carbocycles. The fourth-order valence-corrected chi connectivity index (χ4v) is 5.60. The van der Waals surface area contributed by atoms with Crippen LogP contribution < -0.4 is 4.74 Å². The molecule has 1 aliphatic rings. The lowest BCUT2D eigenvalue weighted by Gasteiger charge is -2.29. The fourth-order valence-electron chi connectivity index (χ4n) is 5.60. The Morgan fingerprint density at radius 3 is 2.24 bits per heavy atom. The third kappa shape index (κ3) is 6.67. The average Bonchev–Trinajstić information content (AvgIpc) is 2.92. The molecule has 0 aliphatic heterocycles. The van der Waals surface area contributed by atoms with Crippen LogP contribution in [0.1, 0.15) is 99.0 Å². The molecule has 0 spiro atoms. The number of unbranched alkanes of at least 4 members (excludes halogenated alkanes) is 2. The number of aryl methyl sites for hydroxylation is 1. The summed E-state index contributed by atoms with van der Waals surface area (Å²) in [7, 11) is 0. The van der Waals surface area contributed by atoms with E-state index in [0.29, 0.717) is 17.0 Å². The van der Waals surface area contributed by atoms with Crippen LogP contribution in [-0.2, 0) is 6.42 Å². The van der Waals surface area contributed by atoms with Crippen LogP contribution in [0.15, 0.2) is 54.6 Å². The lowest BCUT2D eigenvalue weighted by Crippen LogP contribution is -2.15. The highest BCUT2D eigenvalue weighted by Gasteiger charge is 2.26. The second-order valence-corrected chi connectivity index (χ2v) is 10.5. The van der Waals surface area contributed by atoms with Gasteiger partial charge in [-0.1, -0.05) is 69.9 Å². The van der Waals surface area contributed by atoms with Crippen molar-refractivity contribution in [2.24, 2.45) is 5.92 Å². The first-order chi connectivity index (χ1) is 18.4. The van der Waals surface area contributed by atoms with Gasteiger partial charge in [0.25, 0.3) is 0 Å². The molecular weight excluding hydrogens is 485 g/mol. The topological polar surface area (TPSA) is 26.3 Å². The number of hydrogen-bond acceptors (Lipinski definition) is 2. The number of carbonyl (C=O) groups excluding carboxylic acids is 1. The molecule has 0 N–H and O–H groups in total. The lowest BCUT2D eigenvalue weighted by molar-refractivity contribution is 0.0730. The Balaban J connectivity index is 1.41. The zero-order valence-electron chi connectivity index (χ0n) is 22.4. The van der Waals surface area contributed by atoms with E-state index in [1.807, 2.05) is 0 Å². The number of benzene rings is 3. The van der Waals surface area contributed by atoms with Crippen molar-refractivity contribution in [3.8, 4) is 16.9 Å². The maximum Gasteiger partial charge on any atom is 0.346 e. The van der Waals surface area contributed by atoms with Crippen LogP contribution in [0.3, 0.4) is 0 Å². The minimum Gasteiger partial charge on any atom is -0.423 e. The van der Waals surface area contributed by atoms with Crippen LogP contribution >= 0.6 is 0 Å². The molecule has 0 bridgehead atoms. The van der Waals surface area contributed by atoms with Gasteiger partial charge in [0.05, 0.1) is 5.56 Å². The van der Waals surface area contributed by atoms with Gasteiger partial charge in [-0.05, 0) is 91.3 Å². The summed E-state index contributed by atoms with van der Waals surface area (Å²) in [6.45, 7) is 4.29. The Kier molecular flexibility index (Phi) is 9.65. The third-order valence-corrected chi connectivity index (χ3v) is 7.79. The molecule has 0 atom stereocenters. The first-order valence-electron chi connectivity index (χ1n) is 14.0. The molecule has 0 radical (unpaired) electrons. The van der Waals surface area contributed by atoms with Gasteiger partial charge in [0.15, 0.2) is 11.6 Å². The molecule has 1 fully saturated rings. The number of halogens is 3. The summed E-state index contributed by atoms with van der Waals surface area (Å²) in [5.74, 6) is -2.09. The van der Waals surface area contributed by atoms with Gasteiger partial charge in [-0.15, -0.1) is 0 Å². The molecule has 4 rings (SSSR count). The molecule has 0 aromatic heterocycles. The largest absolute Gasteiger partial charge is 0.423 e. The first kappa shape index (κ1) is 27.9. The van der Waals surface area contributed by atoms with Crippen molar-refractivity contribution in [2.75, 3.05) is 0 Å². The van der Waals surface area contributed by atoms with E-state index in [4.69, 9.17) is 4.74 Å². The van der Waals surface area contributed by atoms with Gasteiger partial charge in [0.2, 0.25) is 0 Å². The van der Waals surface area contributed by atoms with Crippen LogP contribution in [0.2, 0.25) is 0 Å². The van der Waals surface area contributed by atoms with E-state index in [1.54, 1.807) is 30.3 Å². The zero-order chi connectivity index (χ0) is 27.1. The van der Waals surface area contributed by atoms with Gasteiger partial charge in [0.1, 0.15) is 11.6 Å². The van der Waals surface area contributed by atoms with Gasteiger partial charge >= 0.3 is 5.97 Å². The maximum atomic E-state index is 15.1. The van der Waals surface area contributed by atoms with Gasteiger partial charge in [-0.25, -0.2) is 18.0 Å². The van der Waals surface area contributed by atoms with E-state index in [0.717, 1.165) is 63.4 Å². The molecule has 38 heavy (non-hydrogen) atoms. The monoisotopic (exact) mass is 522 g/mol. The average molecular weight is 523 g/mol. The number of rotatable bonds is 10. The van der Waals surface area contributed by atoms with E-state index >= 15 is 8.78 Å². The molecule has 5 heteroatoms. The molecule has 3 aromatic carbocycles. The van der Waals surface area contributed by atoms with Crippen LogP contribution in [0.5, 0.6) is 5.75 Å². The summed E-state index contributed by atoms with van der Waals surface area (Å²) in [4.78, 5) is 12.5. The van der Waals surface area contributed by atoms with Crippen molar-refractivity contribution in [2.45, 2.75) is 84.0 Å². The Labute approximate surface area is 224 Å². The van der Waals surface area contributed by atoms with Crippen molar-refractivity contribution < 1.29 is 22.7 Å². The smallest absolute Gasteiger partial charge is 0.346 e. The number of ether oxygens (including phenoxy) is 1. The van der Waals surface area contributed by atoms with Crippen molar-refractivity contribution >= 4 is 5.97 Å². The summed E-state index contributed by atoms with van der Waals surface area (Å²) >= 11 is 0. The molecule has 2 nitrogen and oxygen atoms in total. The Morgan fingerprint density at radius 1 is 0.842 bits per heavy atom. The molecule has 0 amide bonds. The fraction of sp³-hybridized carbons (Fsp3) is 0.424. The van der Waals surface area contributed by atoms with Crippen LogP contribution in [0.25, 0.3) is 11.1 Å². The van der Waals surface area contributed by atoms with Crippen molar-refractivity contribution in [1.29, 1.82) is 0 Å². The van der Waals surface area contributed by atoms with Gasteiger partial charge in [-0.2, -0.15) is 0 Å². The minimum absolute atomic E-state index is 0.0549. The Hall–Kier alpha value is -3.08. The summed E-state index contributed by atoms with van der Waals surface area (Å²) < 4.78 is 50.1. The number of carbonyl (C=O) groups is 1. The maximum absolute atomic E-state index is 15.1. The van der Waals surface area contributed by atoms with Crippen LogP contribution in [0, 0.1) is 23.4 Å². The molecule has 3 aromatic rings. The normalized spacial score (nSPS) is 17.4. The lowest BCUT2D eigenvalue weighted by atomic mass is 9.77. The molecular formula is C33H37F3O2. The van der Waals surface area contributed by atoms with Crippen molar-refractivity contribution in [1.82, 2.24) is 0 Å². The Bertz CT molecular complexity index is 1230. The summed E-state index contributed by atoms with van der Waals surface area (Å²) in [6, 6.07) is 14.1. The summed E-state index contributed by atoms with van der Waals surface area (Å²) in [5, 5.41) is 0. The highest BCUT2D eigenvalue weighted by Crippen LogP contribution is 2.40. The minimum atomic E-state index is -0.857. The second-order valence-electron chi connectivity index (χ2n) is 10.5. The molecule has 1 saturated carbocycles. The van der Waals surface area contributed by atoms with E-state index in [1.165, 1.54) is 30.7 Å². The predicted octanol–water partition coefficient (Wildman–Crippen LogP) is 9.80. The first-order valence-corrected chi connectivity index (χ1v) is 14.0. The van der Waals surface area contributed by atoms with Gasteiger partial charge in [0, 0.05) is 5.56 Å². The van der Waals surface area contributed by atoms with E-state index in [2.05, 4.69) is 13.8 Å². The Morgan fingerprint density at radius 2 is 1.58 bits per heavy atom. The van der Waals surface area contributed by atoms with Gasteiger partial charge < -0.3 is 4.74 Å². The number of hydrogen-bond donors (Lipinski definition) is 0. The SMILES string of the molecule is CCCCCc1ccc(C(=O)Oc2ccc(-c3ccc(C4CCC(CCC)CC4)c(F)c3F)cc2)c(F)c1. The van der Waals surface area contributed by atoms with Crippen LogP contribution in [-0.4, -0.2) is 5.97 Å². The second kappa shape index (κ2) is 13.1. The quantitative estimate of drug-likeness (QED) is 0.150. The highest BCUT2D eigenvalue weighted by atomic mass is 19.2. The summed E-state index contributed by atoms with van der Waals surface area (Å²) in [6.07, 6.45) is 10.2. The van der Waals surface area contributed by atoms with Gasteiger partial charge in [-0.3, -0.25) is 0 Å². The molecule has 0 heterocycles. The highest BCUT2D eigenvalue weighted by molar-refractivity contribution is 5.91. The van der Waals surface area contributed by atoms with E-state index < -0.39 is 23.4 Å². The third-order valence-electron chi connectivity index (χ3n) is 7.79. The summed E-state index contributed by atoms with van der Waals surface area (Å²) in [5.41, 5.74) is 1.81. The molecule has 0 unspecified atom stereocenters. The van der Waals surface area contributed by atoms with E-state index in [-0.39, 0.29) is 22.8 Å². The zero-order valence-corrected chi connectivity index (χ0v) is 22.4. The predicted molar refractivity (Wildman–Crippen MR) is 146 cm³/mol. The van der Waals surface area contributed by atoms with Crippen molar-refractivity contribution in [3.05, 3.63) is 88.7 Å². The molecule has 0 saturated heterocycles. The standard InChI is InChI=1S/C33H37F3O2/c1-3-5-6-8-23-11-18-29(30(34)21-23)33(37)38-26-16-14-25(15-17-26)28-20-19-27(31(35)32(28)36)24-12-9-22(7-4-2)10-13-24/h11,14-22,24H,3-10,12-13H2,1-2H3. The number of esters is 1.